The second-order valence-corrected chi connectivity index (χ2v) is 7.82. The number of anilines is 1. The molecule has 1 fully saturated rings. The minimum absolute atomic E-state index is 0.00857. The third kappa shape index (κ3) is 2.89. The number of hydrogen-bond donors (Lipinski definition) is 0. The van der Waals surface area contributed by atoms with Crippen LogP contribution in [-0.4, -0.2) is 27.2 Å². The number of pyridine rings is 1. The molecular weight excluding hydrogens is 360 g/mol. The summed E-state index contributed by atoms with van der Waals surface area (Å²) in [7, 11) is 1.90. The molecule has 1 saturated carbocycles. The molecule has 5 rings (SSSR count). The monoisotopic (exact) mass is 384 g/mol. The molecule has 0 atom stereocenters. The Morgan fingerprint density at radius 3 is 2.69 bits per heavy atom. The molecule has 1 aliphatic rings. The average Bonchev–Trinajstić information content (AvgIpc) is 3.54. The zero-order valence-electron chi connectivity index (χ0n) is 17.0. The summed E-state index contributed by atoms with van der Waals surface area (Å²) >= 11 is 0. The van der Waals surface area contributed by atoms with Crippen molar-refractivity contribution in [3.8, 4) is 0 Å². The number of nitrogens with zero attached hydrogens (tertiary/aromatic N) is 4. The lowest BCUT2D eigenvalue weighted by atomic mass is 10.0. The Labute approximate surface area is 170 Å². The SMILES string of the molecule is CCN(C(=O)c1cc(C2CC2)nc2c1c(C)nn2C)c1cccc2ccccc12. The third-order valence-corrected chi connectivity index (χ3v) is 5.83. The zero-order valence-corrected chi connectivity index (χ0v) is 17.0. The van der Waals surface area contributed by atoms with Crippen molar-refractivity contribution < 1.29 is 4.79 Å². The average molecular weight is 384 g/mol. The maximum atomic E-state index is 13.9. The van der Waals surface area contributed by atoms with Crippen LogP contribution in [0.2, 0.25) is 0 Å². The Kier molecular flexibility index (Phi) is 4.12. The van der Waals surface area contributed by atoms with Crippen LogP contribution in [-0.2, 0) is 7.05 Å². The second kappa shape index (κ2) is 6.69. The highest BCUT2D eigenvalue weighted by molar-refractivity contribution is 6.16. The maximum Gasteiger partial charge on any atom is 0.259 e. The molecule has 1 aliphatic carbocycles. The molecule has 146 valence electrons. The van der Waals surface area contributed by atoms with Crippen LogP contribution < -0.4 is 4.90 Å². The Morgan fingerprint density at radius 2 is 1.93 bits per heavy atom. The van der Waals surface area contributed by atoms with Crippen LogP contribution in [0.15, 0.2) is 48.5 Å². The Balaban J connectivity index is 1.70. The van der Waals surface area contributed by atoms with Gasteiger partial charge in [-0.1, -0.05) is 36.4 Å². The second-order valence-electron chi connectivity index (χ2n) is 7.82. The largest absolute Gasteiger partial charge is 0.308 e. The van der Waals surface area contributed by atoms with Crippen molar-refractivity contribution in [3.63, 3.8) is 0 Å². The molecule has 2 heterocycles. The molecule has 0 bridgehead atoms. The summed E-state index contributed by atoms with van der Waals surface area (Å²) in [4.78, 5) is 20.6. The smallest absolute Gasteiger partial charge is 0.259 e. The van der Waals surface area contributed by atoms with Crippen LogP contribution in [0.4, 0.5) is 5.69 Å². The summed E-state index contributed by atoms with van der Waals surface area (Å²) < 4.78 is 1.79. The lowest BCUT2D eigenvalue weighted by Gasteiger charge is -2.23. The fourth-order valence-corrected chi connectivity index (χ4v) is 4.23. The van der Waals surface area contributed by atoms with Crippen LogP contribution in [0.1, 0.15) is 47.4 Å². The van der Waals surface area contributed by atoms with Gasteiger partial charge in [0.2, 0.25) is 0 Å². The number of carbonyl (C=O) groups excluding carboxylic acids is 1. The van der Waals surface area contributed by atoms with Gasteiger partial charge in [0, 0.05) is 30.6 Å². The van der Waals surface area contributed by atoms with E-state index < -0.39 is 0 Å². The first-order chi connectivity index (χ1) is 14.1. The molecule has 29 heavy (non-hydrogen) atoms. The number of hydrogen-bond acceptors (Lipinski definition) is 3. The summed E-state index contributed by atoms with van der Waals surface area (Å²) in [5.41, 5.74) is 4.30. The minimum atomic E-state index is 0.00857. The van der Waals surface area contributed by atoms with E-state index in [1.54, 1.807) is 4.68 Å². The normalized spacial score (nSPS) is 13.9. The van der Waals surface area contributed by atoms with E-state index in [2.05, 4.69) is 23.3 Å². The molecule has 1 amide bonds. The summed E-state index contributed by atoms with van der Waals surface area (Å²) in [6.45, 7) is 4.57. The maximum absolute atomic E-state index is 13.9. The first kappa shape index (κ1) is 17.9. The molecule has 5 heteroatoms. The lowest BCUT2D eigenvalue weighted by molar-refractivity contribution is 0.0990. The topological polar surface area (TPSA) is 51.0 Å². The highest BCUT2D eigenvalue weighted by atomic mass is 16.2. The number of aromatic nitrogens is 3. The predicted octanol–water partition coefficient (Wildman–Crippen LogP) is 4.97. The van der Waals surface area contributed by atoms with Crippen molar-refractivity contribution in [3.05, 3.63) is 65.5 Å². The van der Waals surface area contributed by atoms with Gasteiger partial charge in [-0.15, -0.1) is 0 Å². The van der Waals surface area contributed by atoms with Crippen molar-refractivity contribution in [2.45, 2.75) is 32.6 Å². The van der Waals surface area contributed by atoms with Gasteiger partial charge in [-0.25, -0.2) is 4.98 Å². The molecule has 0 aliphatic heterocycles. The molecule has 0 N–H and O–H groups in total. The standard InChI is InChI=1S/C24H24N4O/c1-4-28(21-11-7-9-16-8-5-6-10-18(16)21)24(29)19-14-20(17-12-13-17)25-23-22(19)15(2)26-27(23)3/h5-11,14,17H,4,12-13H2,1-3H3. The van der Waals surface area contributed by atoms with E-state index in [-0.39, 0.29) is 5.91 Å². The Hall–Kier alpha value is -3.21. The van der Waals surface area contributed by atoms with Gasteiger partial charge >= 0.3 is 0 Å². The van der Waals surface area contributed by atoms with Gasteiger partial charge in [0.25, 0.3) is 5.91 Å². The van der Waals surface area contributed by atoms with Gasteiger partial charge in [0.05, 0.1) is 22.3 Å². The van der Waals surface area contributed by atoms with Gasteiger partial charge in [0.1, 0.15) is 0 Å². The molecule has 2 aromatic carbocycles. The number of benzene rings is 2. The lowest BCUT2D eigenvalue weighted by Crippen LogP contribution is -2.31. The van der Waals surface area contributed by atoms with E-state index in [0.717, 1.165) is 51.7 Å². The fraction of sp³-hybridized carbons (Fsp3) is 0.292. The van der Waals surface area contributed by atoms with Gasteiger partial charge < -0.3 is 4.90 Å². The first-order valence-electron chi connectivity index (χ1n) is 10.2. The van der Waals surface area contributed by atoms with E-state index in [9.17, 15) is 4.79 Å². The summed E-state index contributed by atoms with van der Waals surface area (Å²) in [6, 6.07) is 16.3. The number of aryl methyl sites for hydroxylation is 2. The quantitative estimate of drug-likeness (QED) is 0.499. The van der Waals surface area contributed by atoms with Crippen molar-refractivity contribution in [1.29, 1.82) is 0 Å². The number of carbonyl (C=O) groups is 1. The van der Waals surface area contributed by atoms with E-state index in [0.29, 0.717) is 18.0 Å². The van der Waals surface area contributed by atoms with Gasteiger partial charge in [-0.05, 0) is 44.2 Å². The number of amides is 1. The third-order valence-electron chi connectivity index (χ3n) is 5.83. The molecular formula is C24H24N4O. The van der Waals surface area contributed by atoms with Crippen molar-refractivity contribution in [2.24, 2.45) is 7.05 Å². The molecule has 0 unspecified atom stereocenters. The van der Waals surface area contributed by atoms with Crippen LogP contribution in [0.5, 0.6) is 0 Å². The summed E-state index contributed by atoms with van der Waals surface area (Å²) in [5.74, 6) is 0.475. The minimum Gasteiger partial charge on any atom is -0.308 e. The fourth-order valence-electron chi connectivity index (χ4n) is 4.23. The van der Waals surface area contributed by atoms with Crippen LogP contribution in [0.3, 0.4) is 0 Å². The molecule has 0 spiro atoms. The Bertz CT molecular complexity index is 1250. The molecule has 5 nitrogen and oxygen atoms in total. The van der Waals surface area contributed by atoms with Crippen LogP contribution >= 0.6 is 0 Å². The van der Waals surface area contributed by atoms with Gasteiger partial charge in [0.15, 0.2) is 5.65 Å². The van der Waals surface area contributed by atoms with Crippen molar-refractivity contribution in [1.82, 2.24) is 14.8 Å². The molecule has 2 aromatic heterocycles. The van der Waals surface area contributed by atoms with E-state index in [1.165, 1.54) is 0 Å². The van der Waals surface area contributed by atoms with Crippen molar-refractivity contribution in [2.75, 3.05) is 11.4 Å². The van der Waals surface area contributed by atoms with Crippen molar-refractivity contribution >= 4 is 33.4 Å². The highest BCUT2D eigenvalue weighted by Gasteiger charge is 2.30. The Morgan fingerprint density at radius 1 is 1.17 bits per heavy atom. The van der Waals surface area contributed by atoms with E-state index >= 15 is 0 Å². The van der Waals surface area contributed by atoms with E-state index in [4.69, 9.17) is 4.98 Å². The van der Waals surface area contributed by atoms with E-state index in [1.807, 2.05) is 56.1 Å². The molecule has 4 aromatic rings. The van der Waals surface area contributed by atoms with Crippen LogP contribution in [0.25, 0.3) is 21.8 Å². The predicted molar refractivity (Wildman–Crippen MR) is 117 cm³/mol. The van der Waals surface area contributed by atoms with Gasteiger partial charge in [-0.3, -0.25) is 9.48 Å². The molecule has 0 radical (unpaired) electrons. The number of rotatable bonds is 4. The van der Waals surface area contributed by atoms with Crippen LogP contribution in [0, 0.1) is 6.92 Å². The summed E-state index contributed by atoms with van der Waals surface area (Å²) in [6.07, 6.45) is 2.29. The molecule has 0 saturated heterocycles. The first-order valence-corrected chi connectivity index (χ1v) is 10.2. The highest BCUT2D eigenvalue weighted by Crippen LogP contribution is 2.41. The zero-order chi connectivity index (χ0) is 20.1. The van der Waals surface area contributed by atoms with Gasteiger partial charge in [-0.2, -0.15) is 5.10 Å². The number of fused-ring (bicyclic) bond motifs is 2. The summed E-state index contributed by atoms with van der Waals surface area (Å²) in [5, 5.41) is 7.62.